The topological polar surface area (TPSA) is 89.5 Å². The Bertz CT molecular complexity index is 1110. The highest BCUT2D eigenvalue weighted by Crippen LogP contribution is 2.36. The van der Waals surface area contributed by atoms with Gasteiger partial charge in [-0.3, -0.25) is 14.9 Å². The number of ether oxygens (including phenoxy) is 2. The molecule has 2 aromatic carbocycles. The quantitative estimate of drug-likeness (QED) is 0.558. The van der Waals surface area contributed by atoms with Crippen molar-refractivity contribution in [3.05, 3.63) is 47.0 Å². The van der Waals surface area contributed by atoms with Gasteiger partial charge in [-0.15, -0.1) is 0 Å². The zero-order chi connectivity index (χ0) is 21.0. The largest absolute Gasteiger partial charge is 0.493 e. The second-order valence-electron chi connectivity index (χ2n) is 5.94. The normalized spacial score (nSPS) is 10.9. The smallest absolute Gasteiger partial charge is 0.250 e. The average Bonchev–Trinajstić information content (AvgIpc) is 3.06. The Hall–Kier alpha value is -3.10. The minimum Gasteiger partial charge on any atom is -0.493 e. The van der Waals surface area contributed by atoms with Crippen LogP contribution in [0.25, 0.3) is 16.3 Å². The van der Waals surface area contributed by atoms with Crippen LogP contribution in [-0.4, -0.2) is 31.0 Å². The number of nitrogens with zero attached hydrogens (tertiary/aromatic N) is 1. The van der Waals surface area contributed by atoms with Gasteiger partial charge >= 0.3 is 0 Å². The maximum absolute atomic E-state index is 12.3. The van der Waals surface area contributed by atoms with Crippen LogP contribution in [0.5, 0.6) is 11.5 Å². The maximum atomic E-state index is 12.3. The number of benzene rings is 2. The predicted molar refractivity (Wildman–Crippen MR) is 116 cm³/mol. The first kappa shape index (κ1) is 20.6. The van der Waals surface area contributed by atoms with Crippen molar-refractivity contribution in [1.29, 1.82) is 0 Å². The van der Waals surface area contributed by atoms with Crippen molar-refractivity contribution < 1.29 is 19.1 Å². The Labute approximate surface area is 176 Å². The van der Waals surface area contributed by atoms with E-state index in [1.165, 1.54) is 38.6 Å². The van der Waals surface area contributed by atoms with Crippen molar-refractivity contribution in [3.8, 4) is 11.5 Å². The van der Waals surface area contributed by atoms with Gasteiger partial charge < -0.3 is 14.8 Å². The van der Waals surface area contributed by atoms with E-state index in [2.05, 4.69) is 15.6 Å². The molecule has 150 valence electrons. The minimum atomic E-state index is -0.336. The summed E-state index contributed by atoms with van der Waals surface area (Å²) in [5, 5.41) is 6.29. The number of nitrogens with one attached hydrogen (secondary N) is 2. The van der Waals surface area contributed by atoms with E-state index >= 15 is 0 Å². The third-order valence-electron chi connectivity index (χ3n) is 3.82. The molecule has 9 heteroatoms. The number of halogens is 1. The standard InChI is InChI=1S/C20H18ClN3O4S/c1-11(25)22-13-5-6-15-17(10-13)29-20(23-15)24-18(26)7-4-12-8-14(21)19(28-3)16(9-12)27-2/h4-10H,1-3H3,(H,22,25)(H,23,24,26)/b7-4+. The number of fused-ring (bicyclic) bond motifs is 1. The number of methoxy groups -OCH3 is 2. The Morgan fingerprint density at radius 3 is 2.62 bits per heavy atom. The van der Waals surface area contributed by atoms with Gasteiger partial charge in [0.25, 0.3) is 0 Å². The number of aromatic nitrogens is 1. The molecule has 2 amide bonds. The van der Waals surface area contributed by atoms with E-state index in [0.717, 1.165) is 10.2 Å². The summed E-state index contributed by atoms with van der Waals surface area (Å²) in [5.74, 6) is 0.421. The molecule has 0 bridgehead atoms. The fourth-order valence-electron chi connectivity index (χ4n) is 2.61. The van der Waals surface area contributed by atoms with Crippen LogP contribution in [0.3, 0.4) is 0 Å². The Morgan fingerprint density at radius 1 is 1.14 bits per heavy atom. The van der Waals surface area contributed by atoms with Crippen molar-refractivity contribution in [3.63, 3.8) is 0 Å². The molecule has 1 heterocycles. The molecule has 0 fully saturated rings. The lowest BCUT2D eigenvalue weighted by atomic mass is 10.2. The van der Waals surface area contributed by atoms with Crippen LogP contribution >= 0.6 is 22.9 Å². The van der Waals surface area contributed by atoms with Gasteiger partial charge in [0.05, 0.1) is 29.5 Å². The molecule has 3 rings (SSSR count). The number of thiazole rings is 1. The summed E-state index contributed by atoms with van der Waals surface area (Å²) >= 11 is 7.49. The number of amides is 2. The Morgan fingerprint density at radius 2 is 1.93 bits per heavy atom. The molecule has 0 aliphatic rings. The first-order valence-corrected chi connectivity index (χ1v) is 9.68. The molecule has 2 N–H and O–H groups in total. The summed E-state index contributed by atoms with van der Waals surface area (Å²) < 4.78 is 11.3. The van der Waals surface area contributed by atoms with Gasteiger partial charge in [0, 0.05) is 18.7 Å². The average molecular weight is 432 g/mol. The van der Waals surface area contributed by atoms with Gasteiger partial charge in [-0.05, 0) is 42.0 Å². The van der Waals surface area contributed by atoms with E-state index in [9.17, 15) is 9.59 Å². The lowest BCUT2D eigenvalue weighted by molar-refractivity contribution is -0.114. The number of rotatable bonds is 6. The molecule has 29 heavy (non-hydrogen) atoms. The molecule has 0 aliphatic carbocycles. The molecule has 0 saturated carbocycles. The van der Waals surface area contributed by atoms with E-state index in [1.807, 2.05) is 6.07 Å². The van der Waals surface area contributed by atoms with Crippen LogP contribution in [0, 0.1) is 0 Å². The second kappa shape index (κ2) is 8.93. The fourth-order valence-corrected chi connectivity index (χ4v) is 3.82. The zero-order valence-electron chi connectivity index (χ0n) is 15.9. The summed E-state index contributed by atoms with van der Waals surface area (Å²) in [6.07, 6.45) is 3.00. The monoisotopic (exact) mass is 431 g/mol. The van der Waals surface area contributed by atoms with Gasteiger partial charge in [0.1, 0.15) is 0 Å². The van der Waals surface area contributed by atoms with Crippen molar-refractivity contribution in [1.82, 2.24) is 4.98 Å². The van der Waals surface area contributed by atoms with Crippen molar-refractivity contribution in [2.24, 2.45) is 0 Å². The molecular formula is C20H18ClN3O4S. The third-order valence-corrected chi connectivity index (χ3v) is 5.04. The van der Waals surface area contributed by atoms with Crippen LogP contribution in [0.1, 0.15) is 12.5 Å². The maximum Gasteiger partial charge on any atom is 0.250 e. The number of carbonyl (C=O) groups excluding carboxylic acids is 2. The molecule has 3 aromatic rings. The van der Waals surface area contributed by atoms with E-state index < -0.39 is 0 Å². The summed E-state index contributed by atoms with van der Waals surface area (Å²) in [5.41, 5.74) is 2.10. The molecular weight excluding hydrogens is 414 g/mol. The van der Waals surface area contributed by atoms with E-state index in [4.69, 9.17) is 21.1 Å². The number of hydrogen-bond acceptors (Lipinski definition) is 6. The van der Waals surface area contributed by atoms with Gasteiger partial charge in [0.15, 0.2) is 16.6 Å². The fraction of sp³-hybridized carbons (Fsp3) is 0.150. The van der Waals surface area contributed by atoms with Crippen LogP contribution in [0.2, 0.25) is 5.02 Å². The van der Waals surface area contributed by atoms with E-state index in [0.29, 0.717) is 32.9 Å². The third kappa shape index (κ3) is 5.04. The Kier molecular flexibility index (Phi) is 6.36. The highest BCUT2D eigenvalue weighted by atomic mass is 35.5. The van der Waals surface area contributed by atoms with E-state index in [1.54, 1.807) is 30.3 Å². The highest BCUT2D eigenvalue weighted by Gasteiger charge is 2.11. The van der Waals surface area contributed by atoms with Crippen molar-refractivity contribution in [2.45, 2.75) is 6.92 Å². The first-order valence-electron chi connectivity index (χ1n) is 8.48. The number of anilines is 2. The zero-order valence-corrected chi connectivity index (χ0v) is 17.5. The molecule has 7 nitrogen and oxygen atoms in total. The molecule has 0 spiro atoms. The molecule has 0 radical (unpaired) electrons. The van der Waals surface area contributed by atoms with Crippen LogP contribution < -0.4 is 20.1 Å². The second-order valence-corrected chi connectivity index (χ2v) is 7.38. The van der Waals surface area contributed by atoms with Gasteiger partial charge in [-0.1, -0.05) is 22.9 Å². The summed E-state index contributed by atoms with van der Waals surface area (Å²) in [7, 11) is 3.02. The van der Waals surface area contributed by atoms with Crippen LogP contribution in [0.4, 0.5) is 10.8 Å². The lowest BCUT2D eigenvalue weighted by Gasteiger charge is -2.10. The van der Waals surface area contributed by atoms with Crippen LogP contribution in [0.15, 0.2) is 36.4 Å². The summed E-state index contributed by atoms with van der Waals surface area (Å²) in [4.78, 5) is 27.8. The van der Waals surface area contributed by atoms with Gasteiger partial charge in [0.2, 0.25) is 11.8 Å². The summed E-state index contributed by atoms with van der Waals surface area (Å²) in [6.45, 7) is 1.44. The molecule has 0 unspecified atom stereocenters. The number of hydrogen-bond donors (Lipinski definition) is 2. The van der Waals surface area contributed by atoms with Crippen LogP contribution in [-0.2, 0) is 9.59 Å². The minimum absolute atomic E-state index is 0.150. The molecule has 0 saturated heterocycles. The van der Waals surface area contributed by atoms with E-state index in [-0.39, 0.29) is 11.8 Å². The molecule has 1 aromatic heterocycles. The molecule has 0 atom stereocenters. The van der Waals surface area contributed by atoms with Crippen molar-refractivity contribution in [2.75, 3.05) is 24.9 Å². The first-order chi connectivity index (χ1) is 13.9. The lowest BCUT2D eigenvalue weighted by Crippen LogP contribution is -2.07. The van der Waals surface area contributed by atoms with Gasteiger partial charge in [-0.2, -0.15) is 0 Å². The Balaban J connectivity index is 1.73. The van der Waals surface area contributed by atoms with Gasteiger partial charge in [-0.25, -0.2) is 4.98 Å². The summed E-state index contributed by atoms with van der Waals surface area (Å²) in [6, 6.07) is 8.75. The van der Waals surface area contributed by atoms with Crippen molar-refractivity contribution >= 4 is 61.9 Å². The highest BCUT2D eigenvalue weighted by molar-refractivity contribution is 7.22. The predicted octanol–water partition coefficient (Wildman–Crippen LogP) is 4.58. The number of carbonyl (C=O) groups is 2. The SMILES string of the molecule is COc1cc(/C=C/C(=O)Nc2nc3ccc(NC(C)=O)cc3s2)cc(Cl)c1OC. The molecule has 0 aliphatic heterocycles.